The number of rotatable bonds is 14. The largest absolute Gasteiger partial charge is 0.462 e. The number of aliphatic hydroxyl groups excluding tert-OH is 14. The molecular weight excluding hydrogens is 1160 g/mol. The second-order valence-corrected chi connectivity index (χ2v) is 29.2. The number of esters is 2. The van der Waals surface area contributed by atoms with Crippen LogP contribution >= 0.6 is 0 Å². The molecule has 10 rings (SSSR count). The summed E-state index contributed by atoms with van der Waals surface area (Å²) in [5, 5.41) is 157. The van der Waals surface area contributed by atoms with E-state index in [1.165, 1.54) is 13.8 Å². The maximum absolute atomic E-state index is 13.4. The molecule has 5 heterocycles. The molecule has 88 heavy (non-hydrogen) atoms. The molecule has 0 aromatic heterocycles. The number of allylic oxidation sites excluding steroid dienone is 1. The van der Waals surface area contributed by atoms with Crippen LogP contribution in [0.4, 0.5) is 0 Å². The first-order valence-corrected chi connectivity index (χ1v) is 31.4. The Labute approximate surface area is 512 Å². The Morgan fingerprint density at radius 1 is 0.534 bits per heavy atom. The van der Waals surface area contributed by atoms with Crippen molar-refractivity contribution in [3.63, 3.8) is 0 Å². The first-order valence-electron chi connectivity index (χ1n) is 31.4. The number of carbonyl (C=O) groups is 2. The van der Waals surface area contributed by atoms with Crippen LogP contribution in [0.2, 0.25) is 0 Å². The molecule has 0 amide bonds. The van der Waals surface area contributed by atoms with Crippen molar-refractivity contribution in [2.75, 3.05) is 19.8 Å². The molecular formula is C61H98O27. The molecule has 5 aliphatic heterocycles. The third-order valence-corrected chi connectivity index (χ3v) is 24.1. The molecule has 27 heteroatoms. The van der Waals surface area contributed by atoms with E-state index in [9.17, 15) is 81.1 Å². The lowest BCUT2D eigenvalue weighted by atomic mass is 9.30. The molecule has 33 atom stereocenters. The van der Waals surface area contributed by atoms with Crippen molar-refractivity contribution in [3.05, 3.63) is 11.6 Å². The number of hydrogen-bond acceptors (Lipinski definition) is 27. The molecule has 0 radical (unpaired) electrons. The number of aliphatic hydroxyl groups is 14. The van der Waals surface area contributed by atoms with Crippen molar-refractivity contribution < 1.29 is 133 Å². The lowest BCUT2D eigenvalue weighted by molar-refractivity contribution is -0.409. The van der Waals surface area contributed by atoms with Gasteiger partial charge in [0.1, 0.15) is 110 Å². The van der Waals surface area contributed by atoms with Crippen LogP contribution in [0, 0.1) is 50.2 Å². The Morgan fingerprint density at radius 2 is 1.07 bits per heavy atom. The highest BCUT2D eigenvalue weighted by Gasteiger charge is 2.86. The standard InChI is InChI=1S/C61H98O27/c1-12-24(2)49(76)87-48-47(75)61-32(19-55(48,5)6)60(88-54(61)77)18-14-31-57(9)16-15-33(56(7,8)30(57)13-17-58(31,10)59(60,11)20-34(61)79-26(4)65)83-53-46(86-51-43(74)40(71)36(67)27(21-62)80-51)44(38(69)29(23-64)82-53)84-52-45(41(72)37(68)28(22-63)81-52)85-50-42(73)39(70)35(66)25(3)78-50/h12,25,27-48,50-54,62-64,66-75,77H,13-23H2,1-11H3/b24-12+/t25-,27+,28+,29+,30?,31?,32?,33-,34+,35-,36-,37-,38+,39+,40-,41-,42+,43+,44-,45+,46+,47-,48-,50-,51-,52-,53-,54-,57-,58+,59-,60-,61+/m0/s1. The van der Waals surface area contributed by atoms with E-state index >= 15 is 0 Å². The molecule has 10 aliphatic rings. The van der Waals surface area contributed by atoms with Gasteiger partial charge in [-0.3, -0.25) is 4.79 Å². The van der Waals surface area contributed by atoms with E-state index in [1.807, 2.05) is 13.8 Å². The lowest BCUT2D eigenvalue weighted by Gasteiger charge is -2.75. The van der Waals surface area contributed by atoms with Gasteiger partial charge in [0, 0.05) is 29.2 Å². The van der Waals surface area contributed by atoms with Gasteiger partial charge in [-0.25, -0.2) is 4.79 Å². The van der Waals surface area contributed by atoms with Gasteiger partial charge in [-0.1, -0.05) is 54.5 Å². The van der Waals surface area contributed by atoms with Crippen molar-refractivity contribution in [3.8, 4) is 0 Å². The highest BCUT2D eigenvalue weighted by molar-refractivity contribution is 5.87. The van der Waals surface area contributed by atoms with E-state index in [0.717, 1.165) is 0 Å². The molecule has 5 saturated carbocycles. The number of carbonyl (C=O) groups excluding carboxylic acids is 2. The van der Waals surface area contributed by atoms with Gasteiger partial charge in [0.15, 0.2) is 31.5 Å². The van der Waals surface area contributed by atoms with E-state index in [2.05, 4.69) is 34.6 Å². The van der Waals surface area contributed by atoms with Gasteiger partial charge < -0.3 is 124 Å². The monoisotopic (exact) mass is 1260 g/mol. The molecule has 14 N–H and O–H groups in total. The van der Waals surface area contributed by atoms with Gasteiger partial charge in [-0.15, -0.1) is 0 Å². The van der Waals surface area contributed by atoms with E-state index < -0.39 is 229 Å². The highest BCUT2D eigenvalue weighted by atomic mass is 16.8. The molecule has 504 valence electrons. The molecule has 5 aliphatic carbocycles. The second kappa shape index (κ2) is 24.5. The zero-order valence-electron chi connectivity index (χ0n) is 52.1. The van der Waals surface area contributed by atoms with Crippen LogP contribution in [-0.4, -0.2) is 262 Å². The third-order valence-electron chi connectivity index (χ3n) is 24.1. The average Bonchev–Trinajstić information content (AvgIpc) is 1.34. The molecule has 2 bridgehead atoms. The topological polar surface area (TPSA) is 419 Å². The summed E-state index contributed by atoms with van der Waals surface area (Å²) in [7, 11) is 0. The van der Waals surface area contributed by atoms with Crippen molar-refractivity contribution in [2.45, 2.75) is 287 Å². The Bertz CT molecular complexity index is 2540. The van der Waals surface area contributed by atoms with Gasteiger partial charge >= 0.3 is 11.9 Å². The van der Waals surface area contributed by atoms with Crippen molar-refractivity contribution >= 4 is 11.9 Å². The van der Waals surface area contributed by atoms with Gasteiger partial charge in [0.25, 0.3) is 0 Å². The summed E-state index contributed by atoms with van der Waals surface area (Å²) in [6.45, 7) is 18.2. The van der Waals surface area contributed by atoms with Gasteiger partial charge in [-0.05, 0) is 100 Å². The zero-order chi connectivity index (χ0) is 64.7. The predicted molar refractivity (Wildman–Crippen MR) is 298 cm³/mol. The molecule has 0 aromatic carbocycles. The van der Waals surface area contributed by atoms with Gasteiger partial charge in [-0.2, -0.15) is 0 Å². The zero-order valence-corrected chi connectivity index (χ0v) is 52.1. The summed E-state index contributed by atoms with van der Waals surface area (Å²) < 4.78 is 69.5. The maximum atomic E-state index is 13.4. The summed E-state index contributed by atoms with van der Waals surface area (Å²) >= 11 is 0. The number of hydrogen-bond donors (Lipinski definition) is 14. The minimum Gasteiger partial charge on any atom is -0.462 e. The van der Waals surface area contributed by atoms with Crippen molar-refractivity contribution in [1.82, 2.24) is 0 Å². The van der Waals surface area contributed by atoms with Crippen LogP contribution in [-0.2, 0) is 61.7 Å². The van der Waals surface area contributed by atoms with E-state index in [4.69, 9.17) is 52.1 Å². The second-order valence-electron chi connectivity index (χ2n) is 29.2. The van der Waals surface area contributed by atoms with Crippen LogP contribution in [0.5, 0.6) is 0 Å². The molecule has 5 saturated heterocycles. The van der Waals surface area contributed by atoms with E-state index in [1.54, 1.807) is 19.9 Å². The Hall–Kier alpha value is -2.24. The highest BCUT2D eigenvalue weighted by Crippen LogP contribution is 2.82. The van der Waals surface area contributed by atoms with Gasteiger partial charge in [0.2, 0.25) is 0 Å². The Kier molecular flexibility index (Phi) is 19.1. The van der Waals surface area contributed by atoms with Crippen LogP contribution in [0.15, 0.2) is 11.6 Å². The molecule has 10 fully saturated rings. The fourth-order valence-electron chi connectivity index (χ4n) is 19.0. The lowest BCUT2D eigenvalue weighted by Crippen LogP contribution is -2.77. The minimum absolute atomic E-state index is 0.0145. The third kappa shape index (κ3) is 10.4. The SMILES string of the molecule is C/C=C(\C)C(=O)O[C@H]1[C@H](O)[C@@]23C(CC1(C)C)[C@]1(CCC4[C@@]5(C)CC[C@H](O[C@@H]6O[C@H](CO)[C@@H](O)[C@H](O[C@@H]7O[C@H](CO)[C@H](O)[C@H](O)[C@H]7O[C@@H]7O[C@@H](C)[C@H](O)[C@@H](O)[C@H]7O)[C@H]6O[C@@H]6O[C@H](CO)[C@H](O)[C@H](O)[C@H]6O)C(C)(C)C5CC[C@@]4(C)[C@]1(C)C[C@H]2OC(C)=O)O[C@@H]3O. The smallest absolute Gasteiger partial charge is 0.333 e. The van der Waals surface area contributed by atoms with Crippen LogP contribution < -0.4 is 0 Å². The first-order chi connectivity index (χ1) is 41.1. The predicted octanol–water partition coefficient (Wildman–Crippen LogP) is -1.98. The summed E-state index contributed by atoms with van der Waals surface area (Å²) in [6.07, 6.45) is -36.0. The van der Waals surface area contributed by atoms with E-state index in [-0.39, 0.29) is 18.3 Å². The summed E-state index contributed by atoms with van der Waals surface area (Å²) in [6, 6.07) is 0. The van der Waals surface area contributed by atoms with Crippen molar-refractivity contribution in [1.29, 1.82) is 0 Å². The quantitative estimate of drug-likeness (QED) is 0.0509. The summed E-state index contributed by atoms with van der Waals surface area (Å²) in [5.74, 6) is -1.87. The average molecular weight is 1260 g/mol. The Balaban J connectivity index is 0.969. The van der Waals surface area contributed by atoms with Crippen LogP contribution in [0.1, 0.15) is 128 Å². The maximum Gasteiger partial charge on any atom is 0.333 e. The normalized spacial score (nSPS) is 54.0. The first kappa shape index (κ1) is 68.6. The minimum atomic E-state index is -2.02. The molecule has 1 spiro atoms. The fraction of sp³-hybridized carbons (Fsp3) is 0.934. The number of ether oxygens (including phenoxy) is 11. The van der Waals surface area contributed by atoms with Crippen molar-refractivity contribution in [2.24, 2.45) is 50.2 Å². The molecule has 3 unspecified atom stereocenters. The van der Waals surface area contributed by atoms with E-state index in [0.29, 0.717) is 50.5 Å². The molecule has 0 aromatic rings. The Morgan fingerprint density at radius 3 is 1.67 bits per heavy atom. The summed E-state index contributed by atoms with van der Waals surface area (Å²) in [5.41, 5.74) is -5.59. The number of fused-ring (bicyclic) bond motifs is 4. The summed E-state index contributed by atoms with van der Waals surface area (Å²) in [4.78, 5) is 26.8. The van der Waals surface area contributed by atoms with Gasteiger partial charge in [0.05, 0.1) is 43.0 Å². The van der Waals surface area contributed by atoms with Crippen LogP contribution in [0.3, 0.4) is 0 Å². The molecule has 27 nitrogen and oxygen atoms in total. The van der Waals surface area contributed by atoms with Crippen LogP contribution in [0.25, 0.3) is 0 Å². The fourth-order valence-corrected chi connectivity index (χ4v) is 19.0.